The first-order valence-corrected chi connectivity index (χ1v) is 5.81. The molecule has 0 N–H and O–H groups in total. The van der Waals surface area contributed by atoms with E-state index in [-0.39, 0.29) is 5.92 Å². The third-order valence-corrected chi connectivity index (χ3v) is 3.44. The van der Waals surface area contributed by atoms with Crippen LogP contribution in [0.2, 0.25) is 0 Å². The van der Waals surface area contributed by atoms with Crippen LogP contribution in [0.4, 0.5) is 0 Å². The van der Waals surface area contributed by atoms with Gasteiger partial charge in [0.1, 0.15) is 12.1 Å². The van der Waals surface area contributed by atoms with Gasteiger partial charge in [-0.1, -0.05) is 30.3 Å². The van der Waals surface area contributed by atoms with Gasteiger partial charge in [0.2, 0.25) is 0 Å². The molecule has 1 aromatic rings. The van der Waals surface area contributed by atoms with E-state index in [1.807, 2.05) is 18.2 Å². The summed E-state index contributed by atoms with van der Waals surface area (Å²) in [5, 5.41) is 0. The minimum Gasteiger partial charge on any atom is -0.303 e. The topological polar surface area (TPSA) is 34.1 Å². The van der Waals surface area contributed by atoms with E-state index in [1.54, 1.807) is 0 Å². The zero-order valence-electron chi connectivity index (χ0n) is 9.26. The van der Waals surface area contributed by atoms with Crippen LogP contribution in [0.1, 0.15) is 37.2 Å². The van der Waals surface area contributed by atoms with E-state index in [9.17, 15) is 9.59 Å². The smallest absolute Gasteiger partial charge is 0.133 e. The second kappa shape index (κ2) is 5.06. The van der Waals surface area contributed by atoms with Crippen LogP contribution >= 0.6 is 0 Å². The van der Waals surface area contributed by atoms with E-state index in [0.29, 0.717) is 31.0 Å². The van der Waals surface area contributed by atoms with Crippen molar-refractivity contribution in [2.24, 2.45) is 5.92 Å². The van der Waals surface area contributed by atoms with Gasteiger partial charge in [-0.2, -0.15) is 0 Å². The van der Waals surface area contributed by atoms with Gasteiger partial charge >= 0.3 is 0 Å². The first-order chi connectivity index (χ1) is 7.81. The van der Waals surface area contributed by atoms with E-state index >= 15 is 0 Å². The normalized spacial score (nSPS) is 25.4. The Labute approximate surface area is 95.7 Å². The number of hydrogen-bond donors (Lipinski definition) is 0. The fourth-order valence-electron chi connectivity index (χ4n) is 2.56. The SMILES string of the molecule is O=CC[C@@H]1CCC(=O)C[C@@H]1c1ccccc1. The summed E-state index contributed by atoms with van der Waals surface area (Å²) in [5.74, 6) is 0.918. The molecule has 0 bridgehead atoms. The van der Waals surface area contributed by atoms with Crippen molar-refractivity contribution in [3.63, 3.8) is 0 Å². The standard InChI is InChI=1S/C14H16O2/c15-9-8-12-6-7-13(16)10-14(12)11-4-2-1-3-5-11/h1-5,9,12,14H,6-8,10H2/t12-,14+/m0/s1. The molecular weight excluding hydrogens is 200 g/mol. The average molecular weight is 216 g/mol. The summed E-state index contributed by atoms with van der Waals surface area (Å²) >= 11 is 0. The lowest BCUT2D eigenvalue weighted by molar-refractivity contribution is -0.122. The lowest BCUT2D eigenvalue weighted by Gasteiger charge is -2.29. The number of benzene rings is 1. The molecule has 2 heteroatoms. The van der Waals surface area contributed by atoms with Gasteiger partial charge in [0.25, 0.3) is 0 Å². The van der Waals surface area contributed by atoms with Gasteiger partial charge in [-0.15, -0.1) is 0 Å². The molecule has 0 aliphatic heterocycles. The summed E-state index contributed by atoms with van der Waals surface area (Å²) in [4.78, 5) is 22.2. The van der Waals surface area contributed by atoms with Crippen LogP contribution in [0.3, 0.4) is 0 Å². The molecule has 0 saturated heterocycles. The Hall–Kier alpha value is -1.44. The highest BCUT2D eigenvalue weighted by Gasteiger charge is 2.29. The molecule has 1 fully saturated rings. The van der Waals surface area contributed by atoms with Gasteiger partial charge in [-0.3, -0.25) is 4.79 Å². The van der Waals surface area contributed by atoms with Gasteiger partial charge in [0, 0.05) is 19.3 Å². The van der Waals surface area contributed by atoms with E-state index in [4.69, 9.17) is 0 Å². The second-order valence-electron chi connectivity index (χ2n) is 4.46. The van der Waals surface area contributed by atoms with Gasteiger partial charge in [0.05, 0.1) is 0 Å². The second-order valence-corrected chi connectivity index (χ2v) is 4.46. The van der Waals surface area contributed by atoms with Crippen LogP contribution in [-0.2, 0) is 9.59 Å². The Morgan fingerprint density at radius 1 is 1.25 bits per heavy atom. The minimum absolute atomic E-state index is 0.243. The van der Waals surface area contributed by atoms with E-state index in [0.717, 1.165) is 12.7 Å². The lowest BCUT2D eigenvalue weighted by atomic mass is 9.74. The number of Topliss-reactive ketones (excluding diaryl/α,β-unsaturated/α-hetero) is 1. The Morgan fingerprint density at radius 2 is 2.00 bits per heavy atom. The summed E-state index contributed by atoms with van der Waals surface area (Å²) < 4.78 is 0. The summed E-state index contributed by atoms with van der Waals surface area (Å²) in [6, 6.07) is 10.1. The van der Waals surface area contributed by atoms with Crippen molar-refractivity contribution in [2.45, 2.75) is 31.6 Å². The van der Waals surface area contributed by atoms with Crippen molar-refractivity contribution >= 4 is 12.1 Å². The molecule has 0 heterocycles. The first kappa shape index (κ1) is 11.1. The van der Waals surface area contributed by atoms with Crippen LogP contribution < -0.4 is 0 Å². The van der Waals surface area contributed by atoms with Crippen LogP contribution in [0.15, 0.2) is 30.3 Å². The summed E-state index contributed by atoms with van der Waals surface area (Å²) in [6.07, 6.45) is 3.66. The zero-order chi connectivity index (χ0) is 11.4. The Bertz CT molecular complexity index is 370. The third-order valence-electron chi connectivity index (χ3n) is 3.44. The summed E-state index contributed by atoms with van der Waals surface area (Å²) in [6.45, 7) is 0. The van der Waals surface area contributed by atoms with Crippen molar-refractivity contribution in [2.75, 3.05) is 0 Å². The summed E-state index contributed by atoms with van der Waals surface area (Å²) in [7, 11) is 0. The Balaban J connectivity index is 2.20. The Morgan fingerprint density at radius 3 is 2.69 bits per heavy atom. The predicted molar refractivity (Wildman–Crippen MR) is 62.2 cm³/mol. The minimum atomic E-state index is 0.243. The number of carbonyl (C=O) groups excluding carboxylic acids is 2. The van der Waals surface area contributed by atoms with Crippen molar-refractivity contribution in [3.8, 4) is 0 Å². The quantitative estimate of drug-likeness (QED) is 0.728. The number of ketones is 1. The van der Waals surface area contributed by atoms with Crippen molar-refractivity contribution < 1.29 is 9.59 Å². The monoisotopic (exact) mass is 216 g/mol. The molecule has 1 aliphatic rings. The highest BCUT2D eigenvalue weighted by atomic mass is 16.1. The molecule has 0 aromatic heterocycles. The molecule has 1 saturated carbocycles. The molecule has 0 unspecified atom stereocenters. The fourth-order valence-corrected chi connectivity index (χ4v) is 2.56. The van der Waals surface area contributed by atoms with Crippen LogP contribution in [0, 0.1) is 5.92 Å². The number of aldehydes is 1. The molecule has 2 rings (SSSR count). The maximum atomic E-state index is 11.5. The van der Waals surface area contributed by atoms with Crippen molar-refractivity contribution in [1.29, 1.82) is 0 Å². The molecule has 1 aliphatic carbocycles. The molecule has 1 aromatic carbocycles. The maximum Gasteiger partial charge on any atom is 0.133 e. The van der Waals surface area contributed by atoms with Crippen molar-refractivity contribution in [3.05, 3.63) is 35.9 Å². The van der Waals surface area contributed by atoms with Gasteiger partial charge < -0.3 is 4.79 Å². The predicted octanol–water partition coefficient (Wildman–Crippen LogP) is 2.73. The lowest BCUT2D eigenvalue weighted by Crippen LogP contribution is -2.23. The van der Waals surface area contributed by atoms with Crippen LogP contribution in [0.5, 0.6) is 0 Å². The highest BCUT2D eigenvalue weighted by molar-refractivity contribution is 5.80. The molecule has 16 heavy (non-hydrogen) atoms. The maximum absolute atomic E-state index is 11.5. The molecule has 0 spiro atoms. The van der Waals surface area contributed by atoms with Gasteiger partial charge in [-0.05, 0) is 23.8 Å². The van der Waals surface area contributed by atoms with Crippen LogP contribution in [-0.4, -0.2) is 12.1 Å². The van der Waals surface area contributed by atoms with Gasteiger partial charge in [0.15, 0.2) is 0 Å². The number of carbonyl (C=O) groups is 2. The largest absolute Gasteiger partial charge is 0.303 e. The average Bonchev–Trinajstić information content (AvgIpc) is 2.33. The molecule has 0 radical (unpaired) electrons. The first-order valence-electron chi connectivity index (χ1n) is 5.81. The van der Waals surface area contributed by atoms with E-state index < -0.39 is 0 Å². The molecule has 2 nitrogen and oxygen atoms in total. The van der Waals surface area contributed by atoms with E-state index in [1.165, 1.54) is 5.56 Å². The van der Waals surface area contributed by atoms with Crippen molar-refractivity contribution in [1.82, 2.24) is 0 Å². The summed E-state index contributed by atoms with van der Waals surface area (Å²) in [5.41, 5.74) is 1.20. The molecular formula is C14H16O2. The van der Waals surface area contributed by atoms with Gasteiger partial charge in [-0.25, -0.2) is 0 Å². The third kappa shape index (κ3) is 2.38. The molecule has 2 atom stereocenters. The van der Waals surface area contributed by atoms with Crippen LogP contribution in [0.25, 0.3) is 0 Å². The zero-order valence-corrected chi connectivity index (χ0v) is 9.26. The number of hydrogen-bond acceptors (Lipinski definition) is 2. The molecule has 84 valence electrons. The fraction of sp³-hybridized carbons (Fsp3) is 0.429. The number of rotatable bonds is 3. The highest BCUT2D eigenvalue weighted by Crippen LogP contribution is 2.37. The van der Waals surface area contributed by atoms with E-state index in [2.05, 4.69) is 12.1 Å². The molecule has 0 amide bonds. The Kier molecular flexibility index (Phi) is 3.50.